The molecule has 0 aliphatic carbocycles. The van der Waals surface area contributed by atoms with E-state index in [-0.39, 0.29) is 18.5 Å². The summed E-state index contributed by atoms with van der Waals surface area (Å²) >= 11 is 0. The second-order valence-corrected chi connectivity index (χ2v) is 4.99. The second-order valence-electron chi connectivity index (χ2n) is 4.99. The fourth-order valence-corrected chi connectivity index (χ4v) is 2.00. The number of carbonyl (C=O) groups is 2. The first-order valence-corrected chi connectivity index (χ1v) is 6.64. The van der Waals surface area contributed by atoms with E-state index in [1.807, 2.05) is 27.7 Å². The predicted molar refractivity (Wildman–Crippen MR) is 73.2 cm³/mol. The maximum absolute atomic E-state index is 12.2. The van der Waals surface area contributed by atoms with Crippen molar-refractivity contribution >= 4 is 11.9 Å². The highest BCUT2D eigenvalue weighted by Crippen LogP contribution is 2.15. The summed E-state index contributed by atoms with van der Waals surface area (Å²) in [6.07, 6.45) is 0.877. The van der Waals surface area contributed by atoms with Crippen LogP contribution in [0.5, 0.6) is 0 Å². The number of ether oxygens (including phenoxy) is 1. The minimum Gasteiger partial charge on any atom is -0.468 e. The zero-order chi connectivity index (χ0) is 15.3. The first-order valence-electron chi connectivity index (χ1n) is 6.64. The standard InChI is InChI=1S/C14H22N2O4/c1-9(2)16(8-14(18)19-5)13(17)7-6-12-10(3)15-20-11(12)4/h9H,6-8H2,1-5H3. The smallest absolute Gasteiger partial charge is 0.325 e. The van der Waals surface area contributed by atoms with Crippen LogP contribution in [-0.2, 0) is 20.7 Å². The SMILES string of the molecule is COC(=O)CN(C(=O)CCc1c(C)noc1C)C(C)C. The Hall–Kier alpha value is -1.85. The Morgan fingerprint density at radius 3 is 2.45 bits per heavy atom. The molecular formula is C14H22N2O4. The molecule has 112 valence electrons. The predicted octanol–water partition coefficient (Wildman–Crippen LogP) is 1.63. The van der Waals surface area contributed by atoms with Gasteiger partial charge in [-0.3, -0.25) is 9.59 Å². The molecule has 1 aromatic heterocycles. The lowest BCUT2D eigenvalue weighted by Crippen LogP contribution is -2.41. The molecule has 0 radical (unpaired) electrons. The van der Waals surface area contributed by atoms with Gasteiger partial charge in [0.2, 0.25) is 5.91 Å². The van der Waals surface area contributed by atoms with Crippen LogP contribution in [0.25, 0.3) is 0 Å². The summed E-state index contributed by atoms with van der Waals surface area (Å²) in [7, 11) is 1.31. The molecule has 0 spiro atoms. The molecule has 6 heteroatoms. The second kappa shape index (κ2) is 7.07. The van der Waals surface area contributed by atoms with Gasteiger partial charge in [-0.25, -0.2) is 0 Å². The highest BCUT2D eigenvalue weighted by Gasteiger charge is 2.21. The van der Waals surface area contributed by atoms with E-state index < -0.39 is 5.97 Å². The molecule has 0 fully saturated rings. The van der Waals surface area contributed by atoms with Gasteiger partial charge in [-0.15, -0.1) is 0 Å². The summed E-state index contributed by atoms with van der Waals surface area (Å²) in [6, 6.07) is -0.0498. The number of rotatable bonds is 6. The highest BCUT2D eigenvalue weighted by molar-refractivity contribution is 5.82. The number of hydrogen-bond donors (Lipinski definition) is 0. The average molecular weight is 282 g/mol. The van der Waals surface area contributed by atoms with Crippen molar-refractivity contribution in [3.05, 3.63) is 17.0 Å². The van der Waals surface area contributed by atoms with Gasteiger partial charge in [-0.1, -0.05) is 5.16 Å². The van der Waals surface area contributed by atoms with E-state index in [0.717, 1.165) is 17.0 Å². The van der Waals surface area contributed by atoms with Crippen LogP contribution in [0.3, 0.4) is 0 Å². The third kappa shape index (κ3) is 4.08. The van der Waals surface area contributed by atoms with Gasteiger partial charge in [0.1, 0.15) is 12.3 Å². The number of aryl methyl sites for hydroxylation is 2. The zero-order valence-electron chi connectivity index (χ0n) is 12.7. The molecule has 20 heavy (non-hydrogen) atoms. The fraction of sp³-hybridized carbons (Fsp3) is 0.643. The van der Waals surface area contributed by atoms with Crippen LogP contribution in [-0.4, -0.2) is 41.6 Å². The van der Waals surface area contributed by atoms with Crippen molar-refractivity contribution in [1.82, 2.24) is 10.1 Å². The number of carbonyl (C=O) groups excluding carboxylic acids is 2. The molecule has 0 saturated heterocycles. The van der Waals surface area contributed by atoms with Gasteiger partial charge in [0.25, 0.3) is 0 Å². The first-order chi connectivity index (χ1) is 9.36. The van der Waals surface area contributed by atoms with E-state index in [9.17, 15) is 9.59 Å². The molecule has 0 aromatic carbocycles. The van der Waals surface area contributed by atoms with E-state index in [1.54, 1.807) is 0 Å². The van der Waals surface area contributed by atoms with Crippen LogP contribution < -0.4 is 0 Å². The van der Waals surface area contributed by atoms with Crippen molar-refractivity contribution in [2.24, 2.45) is 0 Å². The molecule has 0 unspecified atom stereocenters. The van der Waals surface area contributed by atoms with Crippen LogP contribution in [0.15, 0.2) is 4.52 Å². The number of amides is 1. The first kappa shape index (κ1) is 16.2. The van der Waals surface area contributed by atoms with Gasteiger partial charge >= 0.3 is 5.97 Å². The summed E-state index contributed by atoms with van der Waals surface area (Å²) in [5.41, 5.74) is 1.76. The fourth-order valence-electron chi connectivity index (χ4n) is 2.00. The van der Waals surface area contributed by atoms with Crippen LogP contribution in [0.2, 0.25) is 0 Å². The van der Waals surface area contributed by atoms with E-state index in [2.05, 4.69) is 9.89 Å². The number of hydrogen-bond acceptors (Lipinski definition) is 5. The monoisotopic (exact) mass is 282 g/mol. The van der Waals surface area contributed by atoms with Crippen molar-refractivity contribution in [2.45, 2.75) is 46.6 Å². The van der Waals surface area contributed by atoms with Gasteiger partial charge < -0.3 is 14.2 Å². The van der Waals surface area contributed by atoms with Crippen LogP contribution in [0, 0.1) is 13.8 Å². The number of nitrogens with zero attached hydrogens (tertiary/aromatic N) is 2. The summed E-state index contributed by atoms with van der Waals surface area (Å²) in [4.78, 5) is 25.1. The van der Waals surface area contributed by atoms with E-state index in [1.165, 1.54) is 12.0 Å². The molecular weight excluding hydrogens is 260 g/mol. The summed E-state index contributed by atoms with van der Waals surface area (Å²) in [6.45, 7) is 7.40. The van der Waals surface area contributed by atoms with Gasteiger partial charge in [0, 0.05) is 18.0 Å². The van der Waals surface area contributed by atoms with Gasteiger partial charge in [-0.05, 0) is 34.1 Å². The van der Waals surface area contributed by atoms with E-state index >= 15 is 0 Å². The van der Waals surface area contributed by atoms with Crippen molar-refractivity contribution in [3.63, 3.8) is 0 Å². The molecule has 0 bridgehead atoms. The summed E-state index contributed by atoms with van der Waals surface area (Å²) in [5.74, 6) is 0.245. The Morgan fingerprint density at radius 1 is 1.35 bits per heavy atom. The van der Waals surface area contributed by atoms with Gasteiger partial charge in [0.05, 0.1) is 12.8 Å². The maximum atomic E-state index is 12.2. The van der Waals surface area contributed by atoms with Crippen molar-refractivity contribution < 1.29 is 18.8 Å². The summed E-state index contributed by atoms with van der Waals surface area (Å²) < 4.78 is 9.68. The van der Waals surface area contributed by atoms with Gasteiger partial charge in [-0.2, -0.15) is 0 Å². The third-order valence-electron chi connectivity index (χ3n) is 3.24. The van der Waals surface area contributed by atoms with Crippen LogP contribution in [0.1, 0.15) is 37.3 Å². The Balaban J connectivity index is 2.65. The molecule has 0 atom stereocenters. The molecule has 0 saturated carbocycles. The van der Waals surface area contributed by atoms with E-state index in [0.29, 0.717) is 12.8 Å². The number of aromatic nitrogens is 1. The molecule has 1 amide bonds. The normalized spacial score (nSPS) is 10.7. The maximum Gasteiger partial charge on any atom is 0.325 e. The van der Waals surface area contributed by atoms with Crippen LogP contribution >= 0.6 is 0 Å². The molecule has 1 rings (SSSR count). The lowest BCUT2D eigenvalue weighted by Gasteiger charge is -2.25. The quantitative estimate of drug-likeness (QED) is 0.742. The Kier molecular flexibility index (Phi) is 5.73. The van der Waals surface area contributed by atoms with E-state index in [4.69, 9.17) is 4.52 Å². The summed E-state index contributed by atoms with van der Waals surface area (Å²) in [5, 5.41) is 3.86. The lowest BCUT2D eigenvalue weighted by atomic mass is 10.1. The molecule has 1 heterocycles. The minimum absolute atomic E-state index is 0.0192. The average Bonchev–Trinajstić information content (AvgIpc) is 2.72. The molecule has 0 N–H and O–H groups in total. The van der Waals surface area contributed by atoms with Crippen molar-refractivity contribution in [2.75, 3.05) is 13.7 Å². The Labute approximate surface area is 119 Å². The van der Waals surface area contributed by atoms with Crippen LogP contribution in [0.4, 0.5) is 0 Å². The molecule has 1 aromatic rings. The lowest BCUT2D eigenvalue weighted by molar-refractivity contribution is -0.148. The number of methoxy groups -OCH3 is 1. The molecule has 0 aliphatic rings. The van der Waals surface area contributed by atoms with Crippen molar-refractivity contribution in [3.8, 4) is 0 Å². The largest absolute Gasteiger partial charge is 0.468 e. The Morgan fingerprint density at radius 2 is 2.00 bits per heavy atom. The number of esters is 1. The minimum atomic E-state index is -0.413. The topological polar surface area (TPSA) is 72.6 Å². The van der Waals surface area contributed by atoms with Gasteiger partial charge in [0.15, 0.2) is 0 Å². The Bertz CT molecular complexity index is 460. The third-order valence-corrected chi connectivity index (χ3v) is 3.24. The zero-order valence-corrected chi connectivity index (χ0v) is 12.7. The highest BCUT2D eigenvalue weighted by atomic mass is 16.5. The molecule has 0 aliphatic heterocycles. The van der Waals surface area contributed by atoms with Crippen molar-refractivity contribution in [1.29, 1.82) is 0 Å². The molecule has 6 nitrogen and oxygen atoms in total.